The Bertz CT molecular complexity index is 688. The van der Waals surface area contributed by atoms with Crippen LogP contribution in [-0.2, 0) is 13.1 Å². The summed E-state index contributed by atoms with van der Waals surface area (Å²) in [6.07, 6.45) is 6.06. The molecule has 1 N–H and O–H groups in total. The van der Waals surface area contributed by atoms with Gasteiger partial charge in [-0.2, -0.15) is 0 Å². The van der Waals surface area contributed by atoms with E-state index >= 15 is 0 Å². The molecule has 0 bridgehead atoms. The average molecular weight is 314 g/mol. The number of furan rings is 1. The number of hydrogen-bond donors (Lipinski definition) is 1. The Balaban J connectivity index is 1.46. The molecule has 0 spiro atoms. The van der Waals surface area contributed by atoms with Crippen molar-refractivity contribution in [1.29, 1.82) is 0 Å². The average Bonchev–Trinajstić information content (AvgIpc) is 3.05. The molecule has 1 aliphatic heterocycles. The van der Waals surface area contributed by atoms with Gasteiger partial charge in [-0.25, -0.2) is 4.98 Å². The van der Waals surface area contributed by atoms with Gasteiger partial charge >= 0.3 is 0 Å². The van der Waals surface area contributed by atoms with Crippen molar-refractivity contribution in [3.63, 3.8) is 0 Å². The highest BCUT2D eigenvalue weighted by Gasteiger charge is 2.28. The van der Waals surface area contributed by atoms with Crippen LogP contribution in [0.4, 0.5) is 0 Å². The zero-order chi connectivity index (χ0) is 15.8. The van der Waals surface area contributed by atoms with Crippen LogP contribution < -0.4 is 5.32 Å². The summed E-state index contributed by atoms with van der Waals surface area (Å²) in [7, 11) is 0. The van der Waals surface area contributed by atoms with E-state index in [2.05, 4.69) is 26.7 Å². The van der Waals surface area contributed by atoms with Gasteiger partial charge in [0.05, 0.1) is 18.8 Å². The molecule has 2 aliphatic rings. The highest BCUT2D eigenvalue weighted by Crippen LogP contribution is 2.28. The van der Waals surface area contributed by atoms with Crippen LogP contribution in [0.5, 0.6) is 0 Å². The molecule has 1 atom stereocenters. The van der Waals surface area contributed by atoms with Gasteiger partial charge in [0.25, 0.3) is 5.91 Å². The number of rotatable bonds is 5. The number of aromatic nitrogens is 2. The first-order valence-electron chi connectivity index (χ1n) is 8.32. The molecule has 1 fully saturated rings. The van der Waals surface area contributed by atoms with Crippen molar-refractivity contribution in [3.8, 4) is 0 Å². The van der Waals surface area contributed by atoms with Gasteiger partial charge in [0.1, 0.15) is 17.3 Å². The Morgan fingerprint density at radius 2 is 2.30 bits per heavy atom. The van der Waals surface area contributed by atoms with Gasteiger partial charge < -0.3 is 14.3 Å². The lowest BCUT2D eigenvalue weighted by atomic mass is 10.2. The maximum Gasteiger partial charge on any atom is 0.271 e. The van der Waals surface area contributed by atoms with Gasteiger partial charge in [0.15, 0.2) is 0 Å². The van der Waals surface area contributed by atoms with Gasteiger partial charge in [0.2, 0.25) is 0 Å². The first-order chi connectivity index (χ1) is 11.2. The first-order valence-corrected chi connectivity index (χ1v) is 8.32. The molecule has 3 heterocycles. The monoisotopic (exact) mass is 314 g/mol. The molecule has 6 nitrogen and oxygen atoms in total. The molecular formula is C17H22N4O2. The van der Waals surface area contributed by atoms with Crippen LogP contribution in [-0.4, -0.2) is 33.4 Å². The Morgan fingerprint density at radius 1 is 1.43 bits per heavy atom. The minimum absolute atomic E-state index is 0.0522. The van der Waals surface area contributed by atoms with E-state index < -0.39 is 0 Å². The number of carbonyl (C=O) groups excluding carboxylic acids is 1. The molecule has 0 radical (unpaired) electrons. The third kappa shape index (κ3) is 3.03. The quantitative estimate of drug-likeness (QED) is 0.919. The molecule has 0 aromatic carbocycles. The van der Waals surface area contributed by atoms with Crippen LogP contribution in [0.2, 0.25) is 0 Å². The zero-order valence-corrected chi connectivity index (χ0v) is 13.4. The standard InChI is InChI=1S/C17H22N4O2/c1-12-16-19-15(17(22)18-9-13-4-5-13)11-21(16)7-6-20(12)10-14-3-2-8-23-14/h2-3,8,11-13H,4-7,9-10H2,1H3,(H,18,22)/t12-/m1/s1. The molecular weight excluding hydrogens is 292 g/mol. The number of fused-ring (bicyclic) bond motifs is 1. The summed E-state index contributed by atoms with van der Waals surface area (Å²) in [5.41, 5.74) is 0.535. The topological polar surface area (TPSA) is 63.3 Å². The van der Waals surface area contributed by atoms with E-state index in [9.17, 15) is 4.79 Å². The number of hydrogen-bond acceptors (Lipinski definition) is 4. The number of carbonyl (C=O) groups is 1. The second-order valence-electron chi connectivity index (χ2n) is 6.56. The molecule has 0 saturated heterocycles. The molecule has 122 valence electrons. The van der Waals surface area contributed by atoms with Crippen molar-refractivity contribution >= 4 is 5.91 Å². The minimum Gasteiger partial charge on any atom is -0.468 e. The van der Waals surface area contributed by atoms with Gasteiger partial charge in [-0.3, -0.25) is 9.69 Å². The lowest BCUT2D eigenvalue weighted by molar-refractivity contribution is 0.0947. The second-order valence-corrected chi connectivity index (χ2v) is 6.56. The van der Waals surface area contributed by atoms with Crippen LogP contribution in [0.1, 0.15) is 47.9 Å². The van der Waals surface area contributed by atoms with Crippen LogP contribution >= 0.6 is 0 Å². The van der Waals surface area contributed by atoms with Crippen LogP contribution in [0.15, 0.2) is 29.0 Å². The van der Waals surface area contributed by atoms with Crippen LogP contribution in [0, 0.1) is 5.92 Å². The van der Waals surface area contributed by atoms with E-state index in [1.54, 1.807) is 6.26 Å². The normalized spacial score (nSPS) is 21.2. The molecule has 4 rings (SSSR count). The summed E-state index contributed by atoms with van der Waals surface area (Å²) in [4.78, 5) is 19.1. The Kier molecular flexibility index (Phi) is 3.69. The summed E-state index contributed by atoms with van der Waals surface area (Å²) in [6, 6.07) is 4.07. The third-order valence-corrected chi connectivity index (χ3v) is 4.78. The number of nitrogens with one attached hydrogen (secondary N) is 1. The van der Waals surface area contributed by atoms with Gasteiger partial charge in [-0.05, 0) is 37.8 Å². The molecule has 2 aromatic rings. The van der Waals surface area contributed by atoms with Crippen molar-refractivity contribution < 1.29 is 9.21 Å². The van der Waals surface area contributed by atoms with E-state index in [1.165, 1.54) is 12.8 Å². The fourth-order valence-electron chi connectivity index (χ4n) is 3.11. The van der Waals surface area contributed by atoms with Crippen molar-refractivity contribution in [2.45, 2.75) is 38.9 Å². The highest BCUT2D eigenvalue weighted by molar-refractivity contribution is 5.92. The molecule has 2 aromatic heterocycles. The lowest BCUT2D eigenvalue weighted by Crippen LogP contribution is -2.36. The predicted molar refractivity (Wildman–Crippen MR) is 84.8 cm³/mol. The zero-order valence-electron chi connectivity index (χ0n) is 13.4. The van der Waals surface area contributed by atoms with Crippen molar-refractivity contribution in [2.75, 3.05) is 13.1 Å². The third-order valence-electron chi connectivity index (χ3n) is 4.78. The molecule has 6 heteroatoms. The summed E-state index contributed by atoms with van der Waals surface area (Å²) >= 11 is 0. The molecule has 1 aliphatic carbocycles. The van der Waals surface area contributed by atoms with Crippen LogP contribution in [0.3, 0.4) is 0 Å². The number of nitrogens with zero attached hydrogens (tertiary/aromatic N) is 3. The van der Waals surface area contributed by atoms with Crippen molar-refractivity contribution in [2.24, 2.45) is 5.92 Å². The van der Waals surface area contributed by atoms with E-state index in [0.717, 1.165) is 37.8 Å². The highest BCUT2D eigenvalue weighted by atomic mass is 16.3. The maximum absolute atomic E-state index is 12.2. The Morgan fingerprint density at radius 3 is 3.04 bits per heavy atom. The predicted octanol–water partition coefficient (Wildman–Crippen LogP) is 2.19. The SMILES string of the molecule is C[C@@H]1c2nc(C(=O)NCC3CC3)cn2CCN1Cc1ccco1. The minimum atomic E-state index is -0.0522. The summed E-state index contributed by atoms with van der Waals surface area (Å²) in [5, 5.41) is 2.99. The lowest BCUT2D eigenvalue weighted by Gasteiger charge is -2.32. The van der Waals surface area contributed by atoms with Crippen molar-refractivity contribution in [1.82, 2.24) is 19.8 Å². The van der Waals surface area contributed by atoms with E-state index in [4.69, 9.17) is 4.42 Å². The van der Waals surface area contributed by atoms with Crippen molar-refractivity contribution in [3.05, 3.63) is 41.9 Å². The molecule has 0 unspecified atom stereocenters. The second kappa shape index (κ2) is 5.85. The fourth-order valence-corrected chi connectivity index (χ4v) is 3.11. The largest absolute Gasteiger partial charge is 0.468 e. The molecule has 23 heavy (non-hydrogen) atoms. The molecule has 1 saturated carbocycles. The van der Waals surface area contributed by atoms with E-state index in [1.807, 2.05) is 18.3 Å². The maximum atomic E-state index is 12.2. The first kappa shape index (κ1) is 14.5. The number of imidazole rings is 1. The van der Waals surface area contributed by atoms with Gasteiger partial charge in [-0.15, -0.1) is 0 Å². The Labute approximate surface area is 135 Å². The summed E-state index contributed by atoms with van der Waals surface area (Å²) in [6.45, 7) is 5.45. The van der Waals surface area contributed by atoms with Gasteiger partial charge in [-0.1, -0.05) is 0 Å². The summed E-state index contributed by atoms with van der Waals surface area (Å²) < 4.78 is 7.55. The summed E-state index contributed by atoms with van der Waals surface area (Å²) in [5.74, 6) is 2.54. The number of amides is 1. The van der Waals surface area contributed by atoms with E-state index in [-0.39, 0.29) is 11.9 Å². The molecule has 1 amide bonds. The van der Waals surface area contributed by atoms with E-state index in [0.29, 0.717) is 11.6 Å². The fraction of sp³-hybridized carbons (Fsp3) is 0.529. The van der Waals surface area contributed by atoms with Gasteiger partial charge in [0, 0.05) is 25.8 Å². The Hall–Kier alpha value is -2.08. The van der Waals surface area contributed by atoms with Crippen LogP contribution in [0.25, 0.3) is 0 Å². The smallest absolute Gasteiger partial charge is 0.271 e.